The van der Waals surface area contributed by atoms with Crippen LogP contribution in [0.25, 0.3) is 6.08 Å². The van der Waals surface area contributed by atoms with Gasteiger partial charge in [-0.3, -0.25) is 9.59 Å². The summed E-state index contributed by atoms with van der Waals surface area (Å²) >= 11 is 0. The van der Waals surface area contributed by atoms with Crippen LogP contribution in [0.2, 0.25) is 0 Å². The van der Waals surface area contributed by atoms with Crippen molar-refractivity contribution in [1.82, 2.24) is 9.80 Å². The molecule has 2 aromatic rings. The van der Waals surface area contributed by atoms with Gasteiger partial charge in [-0.05, 0) is 46.9 Å². The molecule has 6 heteroatoms. The molecule has 0 fully saturated rings. The first kappa shape index (κ1) is 19.1. The lowest BCUT2D eigenvalue weighted by molar-refractivity contribution is -0.138. The number of rotatable bonds is 4. The number of ether oxygens (including phenoxy) is 2. The molecular formula is C23H24N2O4. The summed E-state index contributed by atoms with van der Waals surface area (Å²) < 4.78 is 10.7. The van der Waals surface area contributed by atoms with Crippen molar-refractivity contribution in [2.45, 2.75) is 19.4 Å². The second-order valence-electron chi connectivity index (χ2n) is 7.25. The van der Waals surface area contributed by atoms with Crippen LogP contribution in [-0.4, -0.2) is 48.9 Å². The summed E-state index contributed by atoms with van der Waals surface area (Å²) in [6, 6.07) is 11.9. The van der Waals surface area contributed by atoms with E-state index in [9.17, 15) is 9.59 Å². The summed E-state index contributed by atoms with van der Waals surface area (Å²) in [5.74, 6) is 1.04. The van der Waals surface area contributed by atoms with E-state index in [1.807, 2.05) is 35.2 Å². The summed E-state index contributed by atoms with van der Waals surface area (Å²) in [6.07, 6.45) is 4.59. The predicted molar refractivity (Wildman–Crippen MR) is 110 cm³/mol. The number of fused-ring (bicyclic) bond motifs is 2. The molecule has 0 atom stereocenters. The van der Waals surface area contributed by atoms with Gasteiger partial charge in [-0.25, -0.2) is 0 Å². The van der Waals surface area contributed by atoms with Crippen molar-refractivity contribution >= 4 is 17.9 Å². The van der Waals surface area contributed by atoms with E-state index in [4.69, 9.17) is 9.47 Å². The molecule has 0 aliphatic carbocycles. The van der Waals surface area contributed by atoms with Crippen LogP contribution in [0.4, 0.5) is 0 Å². The Balaban J connectivity index is 1.49. The minimum Gasteiger partial charge on any atom is -0.493 e. The van der Waals surface area contributed by atoms with Gasteiger partial charge in [0, 0.05) is 19.3 Å². The van der Waals surface area contributed by atoms with Gasteiger partial charge in [-0.15, -0.1) is 0 Å². The van der Waals surface area contributed by atoms with Crippen LogP contribution < -0.4 is 9.47 Å². The van der Waals surface area contributed by atoms with Crippen LogP contribution in [0.3, 0.4) is 0 Å². The molecule has 4 rings (SSSR count). The molecule has 0 bridgehead atoms. The summed E-state index contributed by atoms with van der Waals surface area (Å²) in [5, 5.41) is 0. The second kappa shape index (κ2) is 7.99. The maximum Gasteiger partial charge on any atom is 0.242 e. The Morgan fingerprint density at radius 2 is 1.76 bits per heavy atom. The van der Waals surface area contributed by atoms with Crippen LogP contribution in [0.5, 0.6) is 11.5 Å². The Bertz CT molecular complexity index is 983. The van der Waals surface area contributed by atoms with Gasteiger partial charge in [-0.2, -0.15) is 0 Å². The highest BCUT2D eigenvalue weighted by atomic mass is 16.5. The number of amides is 2. The Hall–Kier alpha value is -3.28. The summed E-state index contributed by atoms with van der Waals surface area (Å²) in [4.78, 5) is 29.0. The van der Waals surface area contributed by atoms with Crippen molar-refractivity contribution in [1.29, 1.82) is 0 Å². The highest BCUT2D eigenvalue weighted by molar-refractivity contribution is 5.89. The van der Waals surface area contributed by atoms with E-state index in [-0.39, 0.29) is 24.8 Å². The van der Waals surface area contributed by atoms with E-state index in [0.717, 1.165) is 17.5 Å². The zero-order chi connectivity index (χ0) is 20.4. The van der Waals surface area contributed by atoms with Crippen LogP contribution in [0.15, 0.2) is 42.6 Å². The lowest BCUT2D eigenvalue weighted by atomic mass is 10.00. The molecule has 2 aliphatic rings. The molecular weight excluding hydrogens is 368 g/mol. The topological polar surface area (TPSA) is 59.1 Å². The maximum atomic E-state index is 12.9. The predicted octanol–water partition coefficient (Wildman–Crippen LogP) is 2.64. The van der Waals surface area contributed by atoms with Crippen molar-refractivity contribution in [3.05, 3.63) is 64.9 Å². The van der Waals surface area contributed by atoms with E-state index in [0.29, 0.717) is 24.6 Å². The maximum absolute atomic E-state index is 12.9. The number of carbonyl (C=O) groups excluding carboxylic acids is 2. The fourth-order valence-electron chi connectivity index (χ4n) is 3.86. The molecule has 2 aromatic carbocycles. The Kier molecular flexibility index (Phi) is 5.25. The summed E-state index contributed by atoms with van der Waals surface area (Å²) in [6.45, 7) is 1.31. The molecule has 6 nitrogen and oxygen atoms in total. The zero-order valence-electron chi connectivity index (χ0n) is 16.7. The molecule has 29 heavy (non-hydrogen) atoms. The van der Waals surface area contributed by atoms with Gasteiger partial charge in [-0.1, -0.05) is 24.3 Å². The summed E-state index contributed by atoms with van der Waals surface area (Å²) in [7, 11) is 3.15. The first-order valence-electron chi connectivity index (χ1n) is 9.66. The lowest BCUT2D eigenvalue weighted by Gasteiger charge is -2.30. The molecule has 0 saturated carbocycles. The first-order valence-corrected chi connectivity index (χ1v) is 9.66. The van der Waals surface area contributed by atoms with Gasteiger partial charge < -0.3 is 19.3 Å². The van der Waals surface area contributed by atoms with Crippen molar-refractivity contribution < 1.29 is 19.1 Å². The number of nitrogens with zero attached hydrogens (tertiary/aromatic N) is 2. The molecule has 0 aromatic heterocycles. The third kappa shape index (κ3) is 3.83. The zero-order valence-corrected chi connectivity index (χ0v) is 16.7. The van der Waals surface area contributed by atoms with Gasteiger partial charge in [0.1, 0.15) is 6.54 Å². The third-order valence-corrected chi connectivity index (χ3v) is 5.53. The molecule has 2 aliphatic heterocycles. The minimum absolute atomic E-state index is 0.0414. The Morgan fingerprint density at radius 3 is 2.52 bits per heavy atom. The van der Waals surface area contributed by atoms with Gasteiger partial charge in [0.15, 0.2) is 11.5 Å². The quantitative estimate of drug-likeness (QED) is 0.803. The number of carbonyl (C=O) groups is 2. The van der Waals surface area contributed by atoms with Gasteiger partial charge in [0.25, 0.3) is 0 Å². The first-order chi connectivity index (χ1) is 14.1. The Morgan fingerprint density at radius 1 is 1.03 bits per heavy atom. The van der Waals surface area contributed by atoms with Crippen LogP contribution >= 0.6 is 0 Å². The molecule has 0 saturated heterocycles. The second-order valence-corrected chi connectivity index (χ2v) is 7.25. The molecule has 0 N–H and O–H groups in total. The standard InChI is InChI=1S/C23H24N2O4/c1-28-20-11-17-8-10-25(22(26)13-19(17)12-21(20)29-2)15-23(27)24-9-7-16-5-3-4-6-18(16)14-24/h3-6,8,10-12H,7,9,13-15H2,1-2H3. The summed E-state index contributed by atoms with van der Waals surface area (Å²) in [5.41, 5.74) is 4.21. The highest BCUT2D eigenvalue weighted by Gasteiger charge is 2.25. The van der Waals surface area contributed by atoms with Crippen LogP contribution in [0, 0.1) is 0 Å². The minimum atomic E-state index is -0.113. The van der Waals surface area contributed by atoms with Crippen molar-refractivity contribution in [3.8, 4) is 11.5 Å². The van der Waals surface area contributed by atoms with Crippen molar-refractivity contribution in [2.75, 3.05) is 27.3 Å². The molecule has 0 spiro atoms. The number of benzene rings is 2. The fourth-order valence-corrected chi connectivity index (χ4v) is 3.86. The smallest absolute Gasteiger partial charge is 0.242 e. The molecule has 2 amide bonds. The molecule has 2 heterocycles. The van der Waals surface area contributed by atoms with Crippen LogP contribution in [-0.2, 0) is 29.0 Å². The van der Waals surface area contributed by atoms with E-state index in [2.05, 4.69) is 12.1 Å². The third-order valence-electron chi connectivity index (χ3n) is 5.53. The van der Waals surface area contributed by atoms with Gasteiger partial charge >= 0.3 is 0 Å². The monoisotopic (exact) mass is 392 g/mol. The molecule has 150 valence electrons. The number of methoxy groups -OCH3 is 2. The van der Waals surface area contributed by atoms with E-state index < -0.39 is 0 Å². The fraction of sp³-hybridized carbons (Fsp3) is 0.304. The lowest BCUT2D eigenvalue weighted by Crippen LogP contribution is -2.43. The molecule has 0 unspecified atom stereocenters. The average molecular weight is 392 g/mol. The van der Waals surface area contributed by atoms with E-state index in [1.54, 1.807) is 20.4 Å². The number of hydrogen-bond acceptors (Lipinski definition) is 4. The normalized spacial score (nSPS) is 15.4. The Labute approximate surface area is 170 Å². The van der Waals surface area contributed by atoms with E-state index >= 15 is 0 Å². The van der Waals surface area contributed by atoms with Crippen molar-refractivity contribution in [3.63, 3.8) is 0 Å². The highest BCUT2D eigenvalue weighted by Crippen LogP contribution is 2.32. The van der Waals surface area contributed by atoms with Crippen LogP contribution in [0.1, 0.15) is 22.3 Å². The SMILES string of the molecule is COc1cc2c(cc1OC)CC(=O)N(CC(=O)N1CCc3ccccc3C1)C=C2. The average Bonchev–Trinajstić information content (AvgIpc) is 2.90. The van der Waals surface area contributed by atoms with E-state index in [1.165, 1.54) is 16.0 Å². The number of hydrogen-bond donors (Lipinski definition) is 0. The van der Waals surface area contributed by atoms with Gasteiger partial charge in [0.2, 0.25) is 11.8 Å². The van der Waals surface area contributed by atoms with Gasteiger partial charge in [0.05, 0.1) is 20.6 Å². The molecule has 0 radical (unpaired) electrons. The largest absolute Gasteiger partial charge is 0.493 e. The van der Waals surface area contributed by atoms with Crippen molar-refractivity contribution in [2.24, 2.45) is 0 Å².